The van der Waals surface area contributed by atoms with Crippen molar-refractivity contribution in [2.24, 2.45) is 11.8 Å². The summed E-state index contributed by atoms with van der Waals surface area (Å²) in [5.74, 6) is -0.818. The standard InChI is InChI=1S/C34H35N3O2/c38-33(36-21-19-25-11-15-29(16-12-25)27-7-3-1-4-8-27)31-23-35-24-32(31)34(39)37-22-20-26-13-17-30(18-14-26)28-9-5-2-6-10-28/h1-18,31-32,35H,19-24H2,(H,36,38)(H,37,39)/t31-,32-/m0/s1. The van der Waals surface area contributed by atoms with Crippen molar-refractivity contribution in [3.8, 4) is 22.3 Å². The maximum absolute atomic E-state index is 12.9. The lowest BCUT2D eigenvalue weighted by molar-refractivity contribution is -0.132. The Balaban J connectivity index is 1.05. The van der Waals surface area contributed by atoms with Crippen LogP contribution in [0.15, 0.2) is 109 Å². The van der Waals surface area contributed by atoms with E-state index in [1.165, 1.54) is 33.4 Å². The van der Waals surface area contributed by atoms with Gasteiger partial charge in [-0.15, -0.1) is 0 Å². The zero-order valence-electron chi connectivity index (χ0n) is 22.1. The van der Waals surface area contributed by atoms with Gasteiger partial charge in [-0.3, -0.25) is 9.59 Å². The van der Waals surface area contributed by atoms with Crippen LogP contribution in [0.2, 0.25) is 0 Å². The van der Waals surface area contributed by atoms with Gasteiger partial charge in [-0.25, -0.2) is 0 Å². The van der Waals surface area contributed by atoms with E-state index in [0.29, 0.717) is 26.2 Å². The number of benzene rings is 4. The van der Waals surface area contributed by atoms with Gasteiger partial charge in [0.25, 0.3) is 0 Å². The normalized spacial score (nSPS) is 16.5. The molecule has 2 atom stereocenters. The molecule has 0 saturated carbocycles. The number of amides is 2. The zero-order valence-corrected chi connectivity index (χ0v) is 22.1. The van der Waals surface area contributed by atoms with Crippen molar-refractivity contribution in [1.82, 2.24) is 16.0 Å². The number of carbonyl (C=O) groups is 2. The Morgan fingerprint density at radius 2 is 0.897 bits per heavy atom. The highest BCUT2D eigenvalue weighted by Crippen LogP contribution is 2.21. The van der Waals surface area contributed by atoms with Crippen LogP contribution < -0.4 is 16.0 Å². The molecule has 0 bridgehead atoms. The Hall–Kier alpha value is -4.22. The van der Waals surface area contributed by atoms with Crippen molar-refractivity contribution >= 4 is 11.8 Å². The summed E-state index contributed by atoms with van der Waals surface area (Å²) in [5.41, 5.74) is 7.08. The first-order valence-corrected chi connectivity index (χ1v) is 13.7. The average Bonchev–Trinajstić information content (AvgIpc) is 3.49. The minimum absolute atomic E-state index is 0.0578. The molecular formula is C34H35N3O2. The molecule has 0 radical (unpaired) electrons. The number of hydrogen-bond donors (Lipinski definition) is 3. The summed E-state index contributed by atoms with van der Waals surface area (Å²) >= 11 is 0. The van der Waals surface area contributed by atoms with Crippen LogP contribution in [0.5, 0.6) is 0 Å². The van der Waals surface area contributed by atoms with E-state index in [4.69, 9.17) is 0 Å². The molecule has 1 heterocycles. The van der Waals surface area contributed by atoms with E-state index in [0.717, 1.165) is 12.8 Å². The SMILES string of the molecule is O=C(NCCc1ccc(-c2ccccc2)cc1)[C@H]1CNC[C@@H]1C(=O)NCCc1ccc(-c2ccccc2)cc1. The maximum Gasteiger partial charge on any atom is 0.225 e. The second kappa shape index (κ2) is 13.0. The zero-order chi connectivity index (χ0) is 26.9. The Morgan fingerprint density at radius 3 is 1.28 bits per heavy atom. The molecule has 0 aromatic heterocycles. The summed E-state index contributed by atoms with van der Waals surface area (Å²) < 4.78 is 0. The highest BCUT2D eigenvalue weighted by Gasteiger charge is 2.37. The van der Waals surface area contributed by atoms with E-state index in [-0.39, 0.29) is 23.7 Å². The molecule has 1 fully saturated rings. The minimum Gasteiger partial charge on any atom is -0.355 e. The summed E-state index contributed by atoms with van der Waals surface area (Å²) in [7, 11) is 0. The van der Waals surface area contributed by atoms with Crippen LogP contribution in [-0.4, -0.2) is 38.0 Å². The Morgan fingerprint density at radius 1 is 0.538 bits per heavy atom. The maximum atomic E-state index is 12.9. The van der Waals surface area contributed by atoms with Crippen LogP contribution in [0.1, 0.15) is 11.1 Å². The van der Waals surface area contributed by atoms with Gasteiger partial charge in [-0.2, -0.15) is 0 Å². The molecule has 1 aliphatic heterocycles. The number of carbonyl (C=O) groups excluding carboxylic acids is 2. The first kappa shape index (κ1) is 26.4. The molecule has 4 aromatic rings. The van der Waals surface area contributed by atoms with Gasteiger partial charge in [-0.1, -0.05) is 109 Å². The second-order valence-corrected chi connectivity index (χ2v) is 10.1. The van der Waals surface area contributed by atoms with Crippen molar-refractivity contribution in [2.75, 3.05) is 26.2 Å². The van der Waals surface area contributed by atoms with Crippen molar-refractivity contribution in [3.63, 3.8) is 0 Å². The predicted octanol–water partition coefficient (Wildman–Crippen LogP) is 4.87. The van der Waals surface area contributed by atoms with Crippen LogP contribution in [0.3, 0.4) is 0 Å². The van der Waals surface area contributed by atoms with Gasteiger partial charge in [0.1, 0.15) is 0 Å². The van der Waals surface area contributed by atoms with Gasteiger partial charge in [0.15, 0.2) is 0 Å². The molecule has 0 spiro atoms. The summed E-state index contributed by atoms with van der Waals surface area (Å²) in [5, 5.41) is 9.31. The molecule has 1 aliphatic rings. The van der Waals surface area contributed by atoms with Gasteiger partial charge >= 0.3 is 0 Å². The molecule has 39 heavy (non-hydrogen) atoms. The lowest BCUT2D eigenvalue weighted by atomic mass is 9.94. The first-order chi connectivity index (χ1) is 19.2. The van der Waals surface area contributed by atoms with Crippen LogP contribution in [0.4, 0.5) is 0 Å². The third-order valence-corrected chi connectivity index (χ3v) is 7.44. The van der Waals surface area contributed by atoms with Crippen molar-refractivity contribution in [3.05, 3.63) is 120 Å². The van der Waals surface area contributed by atoms with Crippen LogP contribution >= 0.6 is 0 Å². The highest BCUT2D eigenvalue weighted by molar-refractivity contribution is 5.88. The number of rotatable bonds is 10. The quantitative estimate of drug-likeness (QED) is 0.281. The van der Waals surface area contributed by atoms with E-state index in [1.807, 2.05) is 36.4 Å². The Kier molecular flexibility index (Phi) is 8.82. The largest absolute Gasteiger partial charge is 0.355 e. The molecule has 1 saturated heterocycles. The summed E-state index contributed by atoms with van der Waals surface area (Å²) in [6, 6.07) is 37.5. The van der Waals surface area contributed by atoms with Gasteiger partial charge in [0.05, 0.1) is 11.8 Å². The van der Waals surface area contributed by atoms with Gasteiger partial charge in [0, 0.05) is 26.2 Å². The smallest absolute Gasteiger partial charge is 0.225 e. The second-order valence-electron chi connectivity index (χ2n) is 10.1. The summed E-state index contributed by atoms with van der Waals surface area (Å²) in [4.78, 5) is 25.8. The summed E-state index contributed by atoms with van der Waals surface area (Å²) in [6.07, 6.45) is 1.50. The third-order valence-electron chi connectivity index (χ3n) is 7.44. The fourth-order valence-electron chi connectivity index (χ4n) is 5.14. The van der Waals surface area contributed by atoms with Crippen molar-refractivity contribution < 1.29 is 9.59 Å². The molecule has 198 valence electrons. The van der Waals surface area contributed by atoms with Crippen molar-refractivity contribution in [1.29, 1.82) is 0 Å². The van der Waals surface area contributed by atoms with Crippen molar-refractivity contribution in [2.45, 2.75) is 12.8 Å². The first-order valence-electron chi connectivity index (χ1n) is 13.7. The molecule has 0 aliphatic carbocycles. The minimum atomic E-state index is -0.351. The van der Waals surface area contributed by atoms with Crippen LogP contribution in [0.25, 0.3) is 22.3 Å². The molecule has 3 N–H and O–H groups in total. The van der Waals surface area contributed by atoms with Crippen LogP contribution in [-0.2, 0) is 22.4 Å². The van der Waals surface area contributed by atoms with E-state index in [9.17, 15) is 9.59 Å². The highest BCUT2D eigenvalue weighted by atomic mass is 16.2. The molecule has 0 unspecified atom stereocenters. The molecule has 5 nitrogen and oxygen atoms in total. The lowest BCUT2D eigenvalue weighted by Crippen LogP contribution is -2.42. The number of hydrogen-bond acceptors (Lipinski definition) is 3. The van der Waals surface area contributed by atoms with Gasteiger partial charge in [-0.05, 0) is 46.2 Å². The number of nitrogens with one attached hydrogen (secondary N) is 3. The molecule has 4 aromatic carbocycles. The molecular weight excluding hydrogens is 482 g/mol. The molecule has 5 heteroatoms. The fourth-order valence-corrected chi connectivity index (χ4v) is 5.14. The molecule has 5 rings (SSSR count). The Labute approximate surface area is 230 Å². The van der Waals surface area contributed by atoms with E-state index < -0.39 is 0 Å². The fraction of sp³-hybridized carbons (Fsp3) is 0.235. The van der Waals surface area contributed by atoms with E-state index in [2.05, 4.69) is 88.7 Å². The molecule has 2 amide bonds. The van der Waals surface area contributed by atoms with Gasteiger partial charge < -0.3 is 16.0 Å². The average molecular weight is 518 g/mol. The van der Waals surface area contributed by atoms with Crippen LogP contribution in [0, 0.1) is 11.8 Å². The topological polar surface area (TPSA) is 70.2 Å². The van der Waals surface area contributed by atoms with Gasteiger partial charge in [0.2, 0.25) is 11.8 Å². The van der Waals surface area contributed by atoms with E-state index in [1.54, 1.807) is 0 Å². The predicted molar refractivity (Wildman–Crippen MR) is 157 cm³/mol. The monoisotopic (exact) mass is 517 g/mol. The lowest BCUT2D eigenvalue weighted by Gasteiger charge is -2.18. The Bertz CT molecular complexity index is 1250. The van der Waals surface area contributed by atoms with E-state index >= 15 is 0 Å². The summed E-state index contributed by atoms with van der Waals surface area (Å²) in [6.45, 7) is 2.15. The third kappa shape index (κ3) is 7.01.